The average molecular weight is 183 g/mol. The van der Waals surface area contributed by atoms with Crippen LogP contribution in [0.15, 0.2) is 0 Å². The highest BCUT2D eigenvalue weighted by Gasteiger charge is 2.05. The predicted octanol–water partition coefficient (Wildman–Crippen LogP) is -1.38. The van der Waals surface area contributed by atoms with Gasteiger partial charge in [0.1, 0.15) is 0 Å². The van der Waals surface area contributed by atoms with Gasteiger partial charge in [-0.15, -0.1) is 0 Å². The fourth-order valence-electron chi connectivity index (χ4n) is 0.700. The van der Waals surface area contributed by atoms with Crippen LogP contribution in [0.1, 0.15) is 12.8 Å². The summed E-state index contributed by atoms with van der Waals surface area (Å²) in [6.45, 7) is 1.75. The molecule has 0 bridgehead atoms. The Morgan fingerprint density at radius 1 is 1.18 bits per heavy atom. The van der Waals surface area contributed by atoms with Crippen molar-refractivity contribution in [2.75, 3.05) is 13.1 Å². The van der Waals surface area contributed by atoms with E-state index in [1.807, 2.05) is 0 Å². The van der Waals surface area contributed by atoms with E-state index in [-0.39, 0.29) is 0 Å². The van der Waals surface area contributed by atoms with Gasteiger partial charge in [-0.1, -0.05) is 0 Å². The van der Waals surface area contributed by atoms with E-state index >= 15 is 0 Å². The Morgan fingerprint density at radius 3 is 1.55 bits per heavy atom. The fraction of sp³-hybridized carbons (Fsp3) is 1.00. The first-order chi connectivity index (χ1) is 4.89. The second-order valence-electron chi connectivity index (χ2n) is 2.25. The molecule has 0 amide bonds. The summed E-state index contributed by atoms with van der Waals surface area (Å²) in [7, 11) is -3.67. The average Bonchev–Trinajstić information content (AvgIpc) is 2.12. The second kappa shape index (κ2) is 4.62. The van der Waals surface area contributed by atoms with Gasteiger partial charge >= 0.3 is 0 Å². The summed E-state index contributed by atoms with van der Waals surface area (Å²) < 4.78 is 18.4. The van der Waals surface area contributed by atoms with E-state index < -0.39 is 10.2 Å². The maximum Gasteiger partial charge on any atom is 0.271 e. The van der Waals surface area contributed by atoms with Crippen LogP contribution in [0.3, 0.4) is 0 Å². The van der Waals surface area contributed by atoms with Gasteiger partial charge in [0.25, 0.3) is 10.2 Å². The van der Waals surface area contributed by atoms with Crippen LogP contribution in [0.25, 0.3) is 0 Å². The zero-order valence-corrected chi connectivity index (χ0v) is 6.92. The zero-order chi connectivity index (χ0) is 8.91. The van der Waals surface area contributed by atoms with Crippen molar-refractivity contribution in [3.8, 4) is 0 Å². The standard InChI is InChI=1S/C4H9NO.H4N2O2S/c6-5-3-1-2-4-5;1-5(2,3)4/h6H,1-4H2;(H4,1,2,3,4). The van der Waals surface area contributed by atoms with Gasteiger partial charge in [0.2, 0.25) is 0 Å². The minimum atomic E-state index is -3.67. The third kappa shape index (κ3) is 12.9. The third-order valence-electron chi connectivity index (χ3n) is 1.08. The van der Waals surface area contributed by atoms with Crippen LogP contribution < -0.4 is 10.3 Å². The molecule has 11 heavy (non-hydrogen) atoms. The van der Waals surface area contributed by atoms with Crippen molar-refractivity contribution < 1.29 is 13.6 Å². The van der Waals surface area contributed by atoms with Crippen LogP contribution >= 0.6 is 0 Å². The molecule has 5 N–H and O–H groups in total. The molecule has 1 heterocycles. The Morgan fingerprint density at radius 2 is 1.45 bits per heavy atom. The van der Waals surface area contributed by atoms with Crippen molar-refractivity contribution >= 4 is 10.2 Å². The van der Waals surface area contributed by atoms with Crippen LogP contribution in [0.5, 0.6) is 0 Å². The van der Waals surface area contributed by atoms with Gasteiger partial charge in [-0.05, 0) is 12.8 Å². The van der Waals surface area contributed by atoms with Gasteiger partial charge in [-0.25, -0.2) is 10.3 Å². The van der Waals surface area contributed by atoms with E-state index in [9.17, 15) is 8.42 Å². The lowest BCUT2D eigenvalue weighted by molar-refractivity contribution is -0.0678. The lowest BCUT2D eigenvalue weighted by Crippen LogP contribution is -2.21. The van der Waals surface area contributed by atoms with E-state index in [2.05, 4.69) is 10.3 Å². The quantitative estimate of drug-likeness (QED) is 0.430. The number of hydroxylamine groups is 2. The monoisotopic (exact) mass is 183 g/mol. The number of rotatable bonds is 0. The molecular formula is C4H13N3O3S. The number of hydrogen-bond donors (Lipinski definition) is 3. The van der Waals surface area contributed by atoms with Gasteiger partial charge in [-0.2, -0.15) is 13.5 Å². The lowest BCUT2D eigenvalue weighted by Gasteiger charge is -1.99. The van der Waals surface area contributed by atoms with Crippen LogP contribution in [0.4, 0.5) is 0 Å². The van der Waals surface area contributed by atoms with Crippen molar-refractivity contribution in [1.82, 2.24) is 5.06 Å². The number of hydrogen-bond acceptors (Lipinski definition) is 4. The topological polar surface area (TPSA) is 110 Å². The normalized spacial score (nSPS) is 19.2. The smallest absolute Gasteiger partial charge is 0.271 e. The molecule has 0 unspecified atom stereocenters. The van der Waals surface area contributed by atoms with E-state index in [0.29, 0.717) is 0 Å². The molecule has 0 radical (unpaired) electrons. The molecule has 0 aromatic carbocycles. The Hall–Kier alpha value is -0.210. The summed E-state index contributed by atoms with van der Waals surface area (Å²) in [6, 6.07) is 0. The highest BCUT2D eigenvalue weighted by Crippen LogP contribution is 2.01. The molecule has 0 atom stereocenters. The molecule has 0 spiro atoms. The van der Waals surface area contributed by atoms with Crippen LogP contribution in [-0.4, -0.2) is 31.8 Å². The molecule has 1 aliphatic rings. The first kappa shape index (κ1) is 10.8. The Labute approximate surface area is 65.9 Å². The Balaban J connectivity index is 0.000000187. The highest BCUT2D eigenvalue weighted by atomic mass is 32.2. The third-order valence-corrected chi connectivity index (χ3v) is 1.08. The number of nitrogens with two attached hydrogens (primary N) is 2. The van der Waals surface area contributed by atoms with Crippen molar-refractivity contribution in [1.29, 1.82) is 0 Å². The van der Waals surface area contributed by atoms with Crippen molar-refractivity contribution in [3.05, 3.63) is 0 Å². The second-order valence-corrected chi connectivity index (χ2v) is 3.43. The van der Waals surface area contributed by atoms with Gasteiger partial charge in [-0.3, -0.25) is 0 Å². The van der Waals surface area contributed by atoms with E-state index in [0.717, 1.165) is 25.9 Å². The molecule has 0 aromatic rings. The molecule has 1 rings (SSSR count). The Bertz CT molecular complexity index is 177. The molecule has 0 aromatic heterocycles. The van der Waals surface area contributed by atoms with Crippen LogP contribution in [0.2, 0.25) is 0 Å². The summed E-state index contributed by atoms with van der Waals surface area (Å²) in [5.41, 5.74) is 0. The van der Waals surface area contributed by atoms with E-state index in [1.54, 1.807) is 0 Å². The number of nitrogens with zero attached hydrogens (tertiary/aromatic N) is 1. The fourth-order valence-corrected chi connectivity index (χ4v) is 0.700. The minimum Gasteiger partial charge on any atom is -0.314 e. The summed E-state index contributed by atoms with van der Waals surface area (Å²) in [4.78, 5) is 0. The van der Waals surface area contributed by atoms with Crippen molar-refractivity contribution in [3.63, 3.8) is 0 Å². The summed E-state index contributed by atoms with van der Waals surface area (Å²) in [5, 5.41) is 18.1. The lowest BCUT2D eigenvalue weighted by atomic mass is 10.4. The summed E-state index contributed by atoms with van der Waals surface area (Å²) in [6.07, 6.45) is 2.33. The minimum absolute atomic E-state index is 0.875. The van der Waals surface area contributed by atoms with Crippen molar-refractivity contribution in [2.45, 2.75) is 12.8 Å². The molecule has 1 aliphatic heterocycles. The first-order valence-electron chi connectivity index (χ1n) is 3.14. The molecule has 1 saturated heterocycles. The molecular weight excluding hydrogens is 170 g/mol. The largest absolute Gasteiger partial charge is 0.314 e. The van der Waals surface area contributed by atoms with Gasteiger partial charge < -0.3 is 5.21 Å². The van der Waals surface area contributed by atoms with Crippen LogP contribution in [0, 0.1) is 0 Å². The predicted molar refractivity (Wildman–Crippen MR) is 39.9 cm³/mol. The Kier molecular flexibility index (Phi) is 4.54. The molecule has 1 fully saturated rings. The van der Waals surface area contributed by atoms with E-state index in [4.69, 9.17) is 5.21 Å². The summed E-state index contributed by atoms with van der Waals surface area (Å²) >= 11 is 0. The maximum absolute atomic E-state index is 9.19. The van der Waals surface area contributed by atoms with E-state index in [1.165, 1.54) is 5.06 Å². The molecule has 6 nitrogen and oxygen atoms in total. The van der Waals surface area contributed by atoms with Crippen molar-refractivity contribution in [2.24, 2.45) is 10.3 Å². The molecule has 0 aliphatic carbocycles. The first-order valence-corrected chi connectivity index (χ1v) is 4.75. The van der Waals surface area contributed by atoms with Gasteiger partial charge in [0.15, 0.2) is 0 Å². The summed E-state index contributed by atoms with van der Waals surface area (Å²) in [5.74, 6) is 0. The van der Waals surface area contributed by atoms with Gasteiger partial charge in [0, 0.05) is 13.1 Å². The maximum atomic E-state index is 9.19. The molecule has 7 heteroatoms. The molecule has 68 valence electrons. The molecule has 0 saturated carbocycles. The highest BCUT2D eigenvalue weighted by molar-refractivity contribution is 7.86. The SMILES string of the molecule is NS(N)(=O)=O.ON1CCCC1. The van der Waals surface area contributed by atoms with Gasteiger partial charge in [0.05, 0.1) is 0 Å². The zero-order valence-electron chi connectivity index (χ0n) is 6.10. The van der Waals surface area contributed by atoms with Crippen LogP contribution in [-0.2, 0) is 10.2 Å².